The molecular weight excluding hydrogens is 234 g/mol. The van der Waals surface area contributed by atoms with Gasteiger partial charge in [0.1, 0.15) is 11.9 Å². The van der Waals surface area contributed by atoms with E-state index in [0.29, 0.717) is 0 Å². The predicted octanol–water partition coefficient (Wildman–Crippen LogP) is -0.609. The van der Waals surface area contributed by atoms with Crippen molar-refractivity contribution in [1.82, 2.24) is 9.55 Å². The number of anilines is 1. The number of alkyl halides is 2. The number of aliphatic hydroxyl groups is 1. The van der Waals surface area contributed by atoms with Crippen LogP contribution in [0.25, 0.3) is 0 Å². The summed E-state index contributed by atoms with van der Waals surface area (Å²) in [5.74, 6) is -0.0184. The summed E-state index contributed by atoms with van der Waals surface area (Å²) in [6, 6.07) is 1.27. The maximum absolute atomic E-state index is 13.6. The zero-order chi connectivity index (χ0) is 12.6. The summed E-state index contributed by atoms with van der Waals surface area (Å²) in [7, 11) is 0. The summed E-state index contributed by atoms with van der Waals surface area (Å²) in [6.45, 7) is -0.658. The molecule has 2 heterocycles. The summed E-state index contributed by atoms with van der Waals surface area (Å²) in [5.41, 5.74) is 4.44. The molecule has 0 saturated carbocycles. The highest BCUT2D eigenvalue weighted by atomic mass is 18.2. The molecule has 1 fully saturated rings. The van der Waals surface area contributed by atoms with Gasteiger partial charge in [-0.2, -0.15) is 4.98 Å². The summed E-state index contributed by atoms with van der Waals surface area (Å²) in [5, 5.41) is 8.78. The number of aliphatic hydroxyl groups excluding tert-OH is 1. The first-order valence-corrected chi connectivity index (χ1v) is 4.93. The van der Waals surface area contributed by atoms with Gasteiger partial charge in [0.15, 0.2) is 18.6 Å². The molecule has 2 rings (SSSR count). The van der Waals surface area contributed by atoms with E-state index < -0.39 is 37.0 Å². The number of aromatic nitrogens is 2. The number of halogens is 2. The molecule has 1 aliphatic rings. The molecular formula is C9H11F2N3O3. The maximum Gasteiger partial charge on any atom is 0.351 e. The van der Waals surface area contributed by atoms with Gasteiger partial charge in [0, 0.05) is 6.20 Å². The molecule has 8 heteroatoms. The zero-order valence-electron chi connectivity index (χ0n) is 8.66. The molecule has 1 aliphatic heterocycles. The summed E-state index contributed by atoms with van der Waals surface area (Å²) in [6.07, 6.45) is -5.54. The molecule has 0 aromatic carbocycles. The molecule has 1 aromatic heterocycles. The Bertz CT molecular complexity index is 467. The summed E-state index contributed by atoms with van der Waals surface area (Å²) in [4.78, 5) is 14.8. The Morgan fingerprint density at radius 2 is 2.24 bits per heavy atom. The minimum absolute atomic E-state index is 0.0184. The lowest BCUT2D eigenvalue weighted by atomic mass is 10.2. The normalized spacial score (nSPS) is 32.9. The molecule has 3 N–H and O–H groups in total. The first-order chi connectivity index (χ1) is 8.04. The molecule has 0 radical (unpaired) electrons. The van der Waals surface area contributed by atoms with E-state index in [1.54, 1.807) is 0 Å². The topological polar surface area (TPSA) is 90.4 Å². The van der Waals surface area contributed by atoms with Crippen molar-refractivity contribution < 1.29 is 18.6 Å². The fourth-order valence-corrected chi connectivity index (χ4v) is 1.67. The lowest BCUT2D eigenvalue weighted by Gasteiger charge is -2.15. The van der Waals surface area contributed by atoms with E-state index in [4.69, 9.17) is 15.6 Å². The van der Waals surface area contributed by atoms with Crippen LogP contribution >= 0.6 is 0 Å². The third-order valence-electron chi connectivity index (χ3n) is 2.55. The van der Waals surface area contributed by atoms with Crippen molar-refractivity contribution in [3.05, 3.63) is 22.7 Å². The third kappa shape index (κ3) is 2.01. The molecule has 0 bridgehead atoms. The van der Waals surface area contributed by atoms with Gasteiger partial charge in [-0.25, -0.2) is 13.6 Å². The van der Waals surface area contributed by atoms with Crippen molar-refractivity contribution >= 4 is 5.82 Å². The van der Waals surface area contributed by atoms with Gasteiger partial charge >= 0.3 is 5.69 Å². The minimum atomic E-state index is -2.03. The number of ether oxygens (including phenoxy) is 1. The molecule has 6 nitrogen and oxygen atoms in total. The van der Waals surface area contributed by atoms with Crippen LogP contribution in [-0.2, 0) is 4.74 Å². The van der Waals surface area contributed by atoms with E-state index >= 15 is 0 Å². The van der Waals surface area contributed by atoms with Crippen molar-refractivity contribution in [3.8, 4) is 0 Å². The SMILES string of the molecule is Nc1ccn(C2OC(CO)C([18F])C2[18F])c(=O)n1. The molecule has 1 aromatic rings. The molecule has 94 valence electrons. The van der Waals surface area contributed by atoms with Crippen LogP contribution in [0.1, 0.15) is 6.23 Å². The Morgan fingerprint density at radius 1 is 1.53 bits per heavy atom. The monoisotopic (exact) mass is 245 g/mol. The molecule has 4 unspecified atom stereocenters. The van der Waals surface area contributed by atoms with E-state index in [0.717, 1.165) is 4.57 Å². The Labute approximate surface area is 94.6 Å². The first-order valence-electron chi connectivity index (χ1n) is 4.93. The highest BCUT2D eigenvalue weighted by molar-refractivity contribution is 5.23. The number of nitrogens with zero attached hydrogens (tertiary/aromatic N) is 2. The van der Waals surface area contributed by atoms with Crippen molar-refractivity contribution in [2.45, 2.75) is 24.7 Å². The maximum atomic E-state index is 13.6. The van der Waals surface area contributed by atoms with Crippen LogP contribution in [0.5, 0.6) is 0 Å². The van der Waals surface area contributed by atoms with Gasteiger partial charge in [0.2, 0.25) is 0 Å². The lowest BCUT2D eigenvalue weighted by molar-refractivity contribution is -0.0436. The van der Waals surface area contributed by atoms with Crippen LogP contribution in [0.2, 0.25) is 0 Å². The second-order valence-corrected chi connectivity index (χ2v) is 3.68. The number of nitrogen functional groups attached to an aromatic ring is 1. The van der Waals surface area contributed by atoms with Gasteiger partial charge in [0.25, 0.3) is 0 Å². The Morgan fingerprint density at radius 3 is 2.76 bits per heavy atom. The van der Waals surface area contributed by atoms with Crippen LogP contribution in [0.15, 0.2) is 17.1 Å². The molecule has 4 atom stereocenters. The van der Waals surface area contributed by atoms with Crippen molar-refractivity contribution in [2.75, 3.05) is 12.3 Å². The van der Waals surface area contributed by atoms with Crippen LogP contribution in [0.3, 0.4) is 0 Å². The first kappa shape index (κ1) is 11.9. The van der Waals surface area contributed by atoms with E-state index in [1.807, 2.05) is 0 Å². The third-order valence-corrected chi connectivity index (χ3v) is 2.55. The molecule has 0 spiro atoms. The van der Waals surface area contributed by atoms with Crippen molar-refractivity contribution in [1.29, 1.82) is 0 Å². The minimum Gasteiger partial charge on any atom is -0.394 e. The van der Waals surface area contributed by atoms with E-state index in [1.165, 1.54) is 12.3 Å². The van der Waals surface area contributed by atoms with Gasteiger partial charge in [0.05, 0.1) is 6.61 Å². The quantitative estimate of drug-likeness (QED) is 0.725. The Balaban J connectivity index is 2.32. The summed E-state index contributed by atoms with van der Waals surface area (Å²) < 4.78 is 32.6. The zero-order valence-corrected chi connectivity index (χ0v) is 8.66. The van der Waals surface area contributed by atoms with Crippen LogP contribution < -0.4 is 11.4 Å². The average molecular weight is 245 g/mol. The molecule has 17 heavy (non-hydrogen) atoms. The highest BCUT2D eigenvalue weighted by Gasteiger charge is 2.46. The Kier molecular flexibility index (Phi) is 3.07. The van der Waals surface area contributed by atoms with E-state index in [2.05, 4.69) is 4.98 Å². The van der Waals surface area contributed by atoms with Gasteiger partial charge in [-0.1, -0.05) is 0 Å². The van der Waals surface area contributed by atoms with E-state index in [-0.39, 0.29) is 5.82 Å². The van der Waals surface area contributed by atoms with Crippen LogP contribution in [0, 0.1) is 0 Å². The van der Waals surface area contributed by atoms with Gasteiger partial charge in [-0.15, -0.1) is 0 Å². The molecule has 1 saturated heterocycles. The largest absolute Gasteiger partial charge is 0.394 e. The van der Waals surface area contributed by atoms with Crippen LogP contribution in [0.4, 0.5) is 14.6 Å². The number of rotatable bonds is 2. The van der Waals surface area contributed by atoms with Gasteiger partial charge in [-0.05, 0) is 6.07 Å². The smallest absolute Gasteiger partial charge is 0.351 e. The fraction of sp³-hybridized carbons (Fsp3) is 0.556. The van der Waals surface area contributed by atoms with Crippen molar-refractivity contribution in [2.24, 2.45) is 0 Å². The van der Waals surface area contributed by atoms with Crippen LogP contribution in [-0.4, -0.2) is 39.7 Å². The number of hydrogen-bond acceptors (Lipinski definition) is 5. The van der Waals surface area contributed by atoms with Gasteiger partial charge < -0.3 is 15.6 Å². The second kappa shape index (κ2) is 4.38. The van der Waals surface area contributed by atoms with Gasteiger partial charge in [-0.3, -0.25) is 4.57 Å². The molecule has 0 aliphatic carbocycles. The van der Waals surface area contributed by atoms with E-state index in [9.17, 15) is 13.6 Å². The highest BCUT2D eigenvalue weighted by Crippen LogP contribution is 2.32. The predicted molar refractivity (Wildman–Crippen MR) is 53.7 cm³/mol. The fourth-order valence-electron chi connectivity index (χ4n) is 1.67. The molecule has 0 amide bonds. The second-order valence-electron chi connectivity index (χ2n) is 3.68. The average Bonchev–Trinajstić information content (AvgIpc) is 2.57. The Hall–Kier alpha value is -1.54. The standard InChI is InChI=1S/C9H11F2N3O3/c10-6-4(3-15)17-8(7(6)11)14-2-1-5(12)13-9(14)16/h1-2,4,6-8,15H,3H2,(H2,12,13,16)/i10-1,11-1. The lowest BCUT2D eigenvalue weighted by Crippen LogP contribution is -2.32. The number of nitrogens with two attached hydrogens (primary N) is 1. The number of hydrogen-bond donors (Lipinski definition) is 2. The summed E-state index contributed by atoms with van der Waals surface area (Å²) >= 11 is 0. The van der Waals surface area contributed by atoms with Crippen molar-refractivity contribution in [3.63, 3.8) is 0 Å².